The Labute approximate surface area is 164 Å². The molecule has 0 aromatic heterocycles. The summed E-state index contributed by atoms with van der Waals surface area (Å²) in [5, 5.41) is 2.80. The van der Waals surface area contributed by atoms with Crippen LogP contribution in [0.5, 0.6) is 0 Å². The first-order valence-corrected chi connectivity index (χ1v) is 9.66. The van der Waals surface area contributed by atoms with Crippen molar-refractivity contribution in [3.63, 3.8) is 0 Å². The fraction of sp³-hybridized carbons (Fsp3) is 0.348. The highest BCUT2D eigenvalue weighted by Crippen LogP contribution is 2.32. The average molecular weight is 376 g/mol. The smallest absolute Gasteiger partial charge is 0.319 e. The van der Waals surface area contributed by atoms with Crippen molar-refractivity contribution in [3.8, 4) is 0 Å². The number of nitrogens with zero attached hydrogens (tertiary/aromatic N) is 1. The number of carbonyl (C=O) groups is 3. The Kier molecular flexibility index (Phi) is 4.33. The Balaban J connectivity index is 1.59. The first kappa shape index (κ1) is 18.4. The lowest BCUT2D eigenvalue weighted by atomic mass is 9.89. The van der Waals surface area contributed by atoms with E-state index in [-0.39, 0.29) is 18.2 Å². The predicted molar refractivity (Wildman–Crippen MR) is 106 cm³/mol. The SMILES string of the molecule is Cc1ccc(C(=O)CN2C(=O)N[C@@](C)(c3ccc4c(c3)CCC4)C2=O)c(C)c1. The van der Waals surface area contributed by atoms with E-state index in [2.05, 4.69) is 5.32 Å². The summed E-state index contributed by atoms with van der Waals surface area (Å²) < 4.78 is 0. The standard InChI is InChI=1S/C23H24N2O3/c1-14-7-10-19(15(2)11-14)20(26)13-25-21(27)23(3,24-22(25)28)18-9-8-16-5-4-6-17(16)12-18/h7-12H,4-6,13H2,1-3H3,(H,24,28)/t23-/m0/s1. The number of benzene rings is 2. The molecular formula is C23H24N2O3. The molecule has 2 aromatic carbocycles. The van der Waals surface area contributed by atoms with E-state index < -0.39 is 11.6 Å². The van der Waals surface area contributed by atoms with Crippen molar-refractivity contribution in [1.29, 1.82) is 0 Å². The van der Waals surface area contributed by atoms with E-state index in [1.807, 2.05) is 44.2 Å². The number of nitrogens with one attached hydrogen (secondary N) is 1. The van der Waals surface area contributed by atoms with Gasteiger partial charge in [-0.05, 0) is 62.3 Å². The van der Waals surface area contributed by atoms with Crippen molar-refractivity contribution in [3.05, 3.63) is 69.8 Å². The summed E-state index contributed by atoms with van der Waals surface area (Å²) in [5.74, 6) is -0.618. The topological polar surface area (TPSA) is 66.5 Å². The number of fused-ring (bicyclic) bond motifs is 1. The molecule has 0 bridgehead atoms. The third kappa shape index (κ3) is 2.91. The number of ketones is 1. The molecule has 3 amide bonds. The summed E-state index contributed by atoms with van der Waals surface area (Å²) in [6, 6.07) is 11.0. The van der Waals surface area contributed by atoms with Crippen LogP contribution < -0.4 is 5.32 Å². The number of carbonyl (C=O) groups excluding carboxylic acids is 3. The lowest BCUT2D eigenvalue weighted by Crippen LogP contribution is -2.41. The Bertz CT molecular complexity index is 1010. The van der Waals surface area contributed by atoms with Crippen LogP contribution in [0.2, 0.25) is 0 Å². The molecule has 4 rings (SSSR count). The second kappa shape index (κ2) is 6.59. The van der Waals surface area contributed by atoms with E-state index in [1.54, 1.807) is 13.0 Å². The zero-order valence-corrected chi connectivity index (χ0v) is 16.5. The number of rotatable bonds is 4. The van der Waals surface area contributed by atoms with Gasteiger partial charge in [0.15, 0.2) is 5.78 Å². The van der Waals surface area contributed by atoms with Crippen LogP contribution in [-0.4, -0.2) is 29.2 Å². The van der Waals surface area contributed by atoms with Gasteiger partial charge in [0.05, 0.1) is 6.54 Å². The molecule has 1 heterocycles. The summed E-state index contributed by atoms with van der Waals surface area (Å²) in [5.41, 5.74) is 4.63. The number of imide groups is 1. The second-order valence-electron chi connectivity index (χ2n) is 8.03. The maximum atomic E-state index is 13.1. The maximum absolute atomic E-state index is 13.1. The summed E-state index contributed by atoms with van der Waals surface area (Å²) in [7, 11) is 0. The van der Waals surface area contributed by atoms with Gasteiger partial charge in [0.2, 0.25) is 0 Å². The molecule has 5 heteroatoms. The molecule has 1 aliphatic carbocycles. The van der Waals surface area contributed by atoms with Gasteiger partial charge in [0.1, 0.15) is 5.54 Å². The van der Waals surface area contributed by atoms with Crippen LogP contribution in [0.4, 0.5) is 4.79 Å². The van der Waals surface area contributed by atoms with Gasteiger partial charge in [-0.1, -0.05) is 42.0 Å². The second-order valence-corrected chi connectivity index (χ2v) is 8.03. The molecular weight excluding hydrogens is 352 g/mol. The molecule has 0 radical (unpaired) electrons. The van der Waals surface area contributed by atoms with Crippen molar-refractivity contribution in [1.82, 2.24) is 10.2 Å². The Morgan fingerprint density at radius 2 is 1.82 bits per heavy atom. The van der Waals surface area contributed by atoms with Crippen molar-refractivity contribution in [2.75, 3.05) is 6.54 Å². The highest BCUT2D eigenvalue weighted by molar-refractivity contribution is 6.11. The van der Waals surface area contributed by atoms with Crippen LogP contribution in [0.15, 0.2) is 36.4 Å². The summed E-state index contributed by atoms with van der Waals surface area (Å²) in [6.07, 6.45) is 3.17. The molecule has 144 valence electrons. The lowest BCUT2D eigenvalue weighted by molar-refractivity contribution is -0.130. The average Bonchev–Trinajstić information content (AvgIpc) is 3.20. The predicted octanol–water partition coefficient (Wildman–Crippen LogP) is 3.44. The van der Waals surface area contributed by atoms with Gasteiger partial charge in [0.25, 0.3) is 5.91 Å². The highest BCUT2D eigenvalue weighted by atomic mass is 16.2. The van der Waals surface area contributed by atoms with Crippen LogP contribution in [0.3, 0.4) is 0 Å². The molecule has 1 aliphatic heterocycles. The Hall–Kier alpha value is -2.95. The summed E-state index contributed by atoms with van der Waals surface area (Å²) in [6.45, 7) is 5.28. The largest absolute Gasteiger partial charge is 0.325 e. The van der Waals surface area contributed by atoms with Crippen LogP contribution in [0, 0.1) is 13.8 Å². The minimum absolute atomic E-state index is 0.237. The van der Waals surface area contributed by atoms with E-state index in [9.17, 15) is 14.4 Å². The van der Waals surface area contributed by atoms with Gasteiger partial charge in [-0.25, -0.2) is 4.79 Å². The molecule has 1 N–H and O–H groups in total. The van der Waals surface area contributed by atoms with Gasteiger partial charge < -0.3 is 5.32 Å². The van der Waals surface area contributed by atoms with E-state index >= 15 is 0 Å². The number of Topliss-reactive ketones (excluding diaryl/α,β-unsaturated/α-hetero) is 1. The van der Waals surface area contributed by atoms with E-state index in [0.29, 0.717) is 5.56 Å². The summed E-state index contributed by atoms with van der Waals surface area (Å²) in [4.78, 5) is 39.5. The fourth-order valence-electron chi connectivity index (χ4n) is 4.27. The minimum atomic E-state index is -1.14. The quantitative estimate of drug-likeness (QED) is 0.657. The molecule has 5 nitrogen and oxygen atoms in total. The van der Waals surface area contributed by atoms with Crippen LogP contribution in [-0.2, 0) is 23.2 Å². The Morgan fingerprint density at radius 3 is 2.57 bits per heavy atom. The highest BCUT2D eigenvalue weighted by Gasteiger charge is 2.49. The molecule has 0 unspecified atom stereocenters. The van der Waals surface area contributed by atoms with Gasteiger partial charge in [-0.3, -0.25) is 14.5 Å². The van der Waals surface area contributed by atoms with Gasteiger partial charge >= 0.3 is 6.03 Å². The van der Waals surface area contributed by atoms with Crippen LogP contribution in [0.25, 0.3) is 0 Å². The summed E-state index contributed by atoms with van der Waals surface area (Å²) >= 11 is 0. The van der Waals surface area contributed by atoms with Crippen molar-refractivity contribution in [2.45, 2.75) is 45.6 Å². The number of hydrogen-bond acceptors (Lipinski definition) is 3. The first-order valence-electron chi connectivity index (χ1n) is 9.66. The molecule has 2 aliphatic rings. The van der Waals surface area contributed by atoms with Gasteiger partial charge in [-0.2, -0.15) is 0 Å². The van der Waals surface area contributed by atoms with Crippen molar-refractivity contribution >= 4 is 17.7 Å². The third-order valence-corrected chi connectivity index (χ3v) is 5.93. The maximum Gasteiger partial charge on any atom is 0.325 e. The molecule has 1 fully saturated rings. The third-order valence-electron chi connectivity index (χ3n) is 5.93. The molecule has 2 aromatic rings. The van der Waals surface area contributed by atoms with Gasteiger partial charge in [0, 0.05) is 5.56 Å². The molecule has 28 heavy (non-hydrogen) atoms. The van der Waals surface area contributed by atoms with E-state index in [1.165, 1.54) is 11.1 Å². The minimum Gasteiger partial charge on any atom is -0.319 e. The van der Waals surface area contributed by atoms with E-state index in [4.69, 9.17) is 0 Å². The fourth-order valence-corrected chi connectivity index (χ4v) is 4.27. The zero-order valence-electron chi connectivity index (χ0n) is 16.5. The van der Waals surface area contributed by atoms with Crippen LogP contribution in [0.1, 0.15) is 51.5 Å². The van der Waals surface area contributed by atoms with E-state index in [0.717, 1.165) is 40.9 Å². The number of urea groups is 1. The molecule has 1 atom stereocenters. The lowest BCUT2D eigenvalue weighted by Gasteiger charge is -2.23. The normalized spacial score (nSPS) is 21.0. The van der Waals surface area contributed by atoms with Crippen molar-refractivity contribution < 1.29 is 14.4 Å². The van der Waals surface area contributed by atoms with Crippen LogP contribution >= 0.6 is 0 Å². The molecule has 0 spiro atoms. The zero-order chi connectivity index (χ0) is 20.1. The first-order chi connectivity index (χ1) is 13.3. The van der Waals surface area contributed by atoms with Crippen molar-refractivity contribution in [2.24, 2.45) is 0 Å². The number of aryl methyl sites for hydroxylation is 4. The number of hydrogen-bond donors (Lipinski definition) is 1. The number of amides is 3. The Morgan fingerprint density at radius 1 is 1.07 bits per heavy atom. The monoisotopic (exact) mass is 376 g/mol. The molecule has 1 saturated heterocycles. The molecule has 0 saturated carbocycles. The van der Waals surface area contributed by atoms with Gasteiger partial charge in [-0.15, -0.1) is 0 Å².